The van der Waals surface area contributed by atoms with E-state index in [9.17, 15) is 0 Å². The maximum Gasteiger partial charge on any atom is 0.122 e. The zero-order chi connectivity index (χ0) is 15.2. The number of aryl methyl sites for hydroxylation is 1. The zero-order valence-corrected chi connectivity index (χ0v) is 13.8. The molecule has 1 heterocycles. The molecule has 1 aliphatic rings. The first-order valence-electron chi connectivity index (χ1n) is 8.30. The molecule has 1 aliphatic heterocycles. The predicted octanol–water partition coefficient (Wildman–Crippen LogP) is 3.74. The highest BCUT2D eigenvalue weighted by Gasteiger charge is 2.17. The number of anilines is 1. The van der Waals surface area contributed by atoms with Gasteiger partial charge in [0.05, 0.1) is 6.61 Å². The van der Waals surface area contributed by atoms with Gasteiger partial charge in [0.1, 0.15) is 5.75 Å². The smallest absolute Gasteiger partial charge is 0.122 e. The Morgan fingerprint density at radius 2 is 2.19 bits per heavy atom. The minimum atomic E-state index is 0.311. The van der Waals surface area contributed by atoms with Gasteiger partial charge in [0.25, 0.3) is 0 Å². The van der Waals surface area contributed by atoms with Crippen molar-refractivity contribution in [3.8, 4) is 5.75 Å². The van der Waals surface area contributed by atoms with Gasteiger partial charge in [-0.1, -0.05) is 13.8 Å². The van der Waals surface area contributed by atoms with Crippen LogP contribution in [0.25, 0.3) is 0 Å². The van der Waals surface area contributed by atoms with Gasteiger partial charge in [-0.3, -0.25) is 0 Å². The molecule has 2 rings (SSSR count). The lowest BCUT2D eigenvalue weighted by atomic mass is 10.1. The van der Waals surface area contributed by atoms with Crippen LogP contribution in [0.15, 0.2) is 18.2 Å². The number of hydrogen-bond acceptors (Lipinski definition) is 3. The van der Waals surface area contributed by atoms with Crippen molar-refractivity contribution in [2.45, 2.75) is 52.5 Å². The Bertz CT molecular complexity index is 445. The fraction of sp³-hybridized carbons (Fsp3) is 0.667. The molecule has 1 atom stereocenters. The topological polar surface area (TPSA) is 38.5 Å². The van der Waals surface area contributed by atoms with Gasteiger partial charge in [0.15, 0.2) is 0 Å². The molecule has 0 amide bonds. The van der Waals surface area contributed by atoms with Crippen LogP contribution in [0.5, 0.6) is 5.75 Å². The number of hydrogen-bond donors (Lipinski definition) is 1. The van der Waals surface area contributed by atoms with Crippen molar-refractivity contribution in [1.29, 1.82) is 0 Å². The maximum absolute atomic E-state index is 6.07. The standard InChI is InChI=1S/C18H30N2O/c1-14(2)6-5-11-21-18-9-8-17(12-15(18)3)20-10-4-7-16(19)13-20/h8-9,12,14,16H,4-7,10-11,13,19H2,1-3H3. The normalized spacial score (nSPS) is 19.1. The molecule has 0 radical (unpaired) electrons. The molecule has 2 N–H and O–H groups in total. The van der Waals surface area contributed by atoms with Crippen LogP contribution in [0.2, 0.25) is 0 Å². The number of ether oxygens (including phenoxy) is 1. The summed E-state index contributed by atoms with van der Waals surface area (Å²) in [5.74, 6) is 1.77. The second-order valence-electron chi connectivity index (χ2n) is 6.68. The summed E-state index contributed by atoms with van der Waals surface area (Å²) in [5.41, 5.74) is 8.56. The Balaban J connectivity index is 1.91. The van der Waals surface area contributed by atoms with Crippen LogP contribution in [0.3, 0.4) is 0 Å². The minimum Gasteiger partial charge on any atom is -0.493 e. The van der Waals surface area contributed by atoms with Gasteiger partial charge in [-0.2, -0.15) is 0 Å². The second kappa shape index (κ2) is 7.69. The Hall–Kier alpha value is -1.22. The lowest BCUT2D eigenvalue weighted by Gasteiger charge is -2.33. The molecule has 0 saturated carbocycles. The van der Waals surface area contributed by atoms with E-state index in [1.807, 2.05) is 0 Å². The Labute approximate surface area is 129 Å². The van der Waals surface area contributed by atoms with Crippen LogP contribution in [-0.2, 0) is 0 Å². The van der Waals surface area contributed by atoms with Crippen LogP contribution in [0.4, 0.5) is 5.69 Å². The largest absolute Gasteiger partial charge is 0.493 e. The molecule has 1 fully saturated rings. The van der Waals surface area contributed by atoms with Crippen molar-refractivity contribution < 1.29 is 4.74 Å². The molecule has 1 saturated heterocycles. The van der Waals surface area contributed by atoms with E-state index in [2.05, 4.69) is 43.9 Å². The number of piperidine rings is 1. The number of benzene rings is 1. The Morgan fingerprint density at radius 1 is 1.38 bits per heavy atom. The second-order valence-corrected chi connectivity index (χ2v) is 6.68. The zero-order valence-electron chi connectivity index (χ0n) is 13.8. The van der Waals surface area contributed by atoms with Gasteiger partial charge in [-0.15, -0.1) is 0 Å². The lowest BCUT2D eigenvalue weighted by molar-refractivity contribution is 0.296. The van der Waals surface area contributed by atoms with Gasteiger partial charge in [0.2, 0.25) is 0 Å². The summed E-state index contributed by atoms with van der Waals surface area (Å²) >= 11 is 0. The van der Waals surface area contributed by atoms with E-state index in [0.717, 1.165) is 44.2 Å². The fourth-order valence-electron chi connectivity index (χ4n) is 2.91. The highest BCUT2D eigenvalue weighted by atomic mass is 16.5. The molecule has 3 nitrogen and oxygen atoms in total. The molecule has 118 valence electrons. The van der Waals surface area contributed by atoms with Gasteiger partial charge >= 0.3 is 0 Å². The van der Waals surface area contributed by atoms with Crippen LogP contribution in [-0.4, -0.2) is 25.7 Å². The average Bonchev–Trinajstić information content (AvgIpc) is 2.44. The van der Waals surface area contributed by atoms with Crippen LogP contribution < -0.4 is 15.4 Å². The molecule has 0 aliphatic carbocycles. The van der Waals surface area contributed by atoms with Crippen molar-refractivity contribution in [2.24, 2.45) is 11.7 Å². The molecule has 3 heteroatoms. The molecule has 0 spiro atoms. The summed E-state index contributed by atoms with van der Waals surface area (Å²) in [6, 6.07) is 6.82. The van der Waals surface area contributed by atoms with E-state index in [4.69, 9.17) is 10.5 Å². The molecule has 21 heavy (non-hydrogen) atoms. The molecule has 1 aromatic carbocycles. The first-order valence-corrected chi connectivity index (χ1v) is 8.30. The summed E-state index contributed by atoms with van der Waals surface area (Å²) in [4.78, 5) is 2.39. The van der Waals surface area contributed by atoms with Crippen molar-refractivity contribution in [2.75, 3.05) is 24.6 Å². The van der Waals surface area contributed by atoms with E-state index in [1.165, 1.54) is 24.1 Å². The summed E-state index contributed by atoms with van der Waals surface area (Å²) in [5, 5.41) is 0. The third kappa shape index (κ3) is 4.92. The van der Waals surface area contributed by atoms with E-state index in [-0.39, 0.29) is 0 Å². The summed E-state index contributed by atoms with van der Waals surface area (Å²) in [6.07, 6.45) is 4.68. The first kappa shape index (κ1) is 16.2. The molecule has 1 aromatic rings. The molecule has 0 aromatic heterocycles. The van der Waals surface area contributed by atoms with E-state index in [1.54, 1.807) is 0 Å². The predicted molar refractivity (Wildman–Crippen MR) is 90.2 cm³/mol. The van der Waals surface area contributed by atoms with Crippen LogP contribution >= 0.6 is 0 Å². The average molecular weight is 290 g/mol. The van der Waals surface area contributed by atoms with Crippen molar-refractivity contribution in [1.82, 2.24) is 0 Å². The fourth-order valence-corrected chi connectivity index (χ4v) is 2.91. The molecule has 1 unspecified atom stereocenters. The highest BCUT2D eigenvalue weighted by Crippen LogP contribution is 2.26. The third-order valence-corrected chi connectivity index (χ3v) is 4.16. The maximum atomic E-state index is 6.07. The lowest BCUT2D eigenvalue weighted by Crippen LogP contribution is -2.42. The third-order valence-electron chi connectivity index (χ3n) is 4.16. The van der Waals surface area contributed by atoms with Gasteiger partial charge in [-0.05, 0) is 62.3 Å². The molecular formula is C18H30N2O. The van der Waals surface area contributed by atoms with E-state index in [0.29, 0.717) is 6.04 Å². The van der Waals surface area contributed by atoms with E-state index >= 15 is 0 Å². The summed E-state index contributed by atoms with van der Waals surface area (Å²) < 4.78 is 5.91. The number of nitrogens with zero attached hydrogens (tertiary/aromatic N) is 1. The number of rotatable bonds is 6. The first-order chi connectivity index (χ1) is 10.1. The highest BCUT2D eigenvalue weighted by molar-refractivity contribution is 5.53. The van der Waals surface area contributed by atoms with Crippen molar-refractivity contribution >= 4 is 5.69 Å². The SMILES string of the molecule is Cc1cc(N2CCCC(N)C2)ccc1OCCCC(C)C. The molecule has 0 bridgehead atoms. The van der Waals surface area contributed by atoms with Crippen molar-refractivity contribution in [3.63, 3.8) is 0 Å². The summed E-state index contributed by atoms with van der Waals surface area (Å²) in [6.45, 7) is 9.53. The van der Waals surface area contributed by atoms with Crippen molar-refractivity contribution in [3.05, 3.63) is 23.8 Å². The Kier molecular flexibility index (Phi) is 5.92. The monoisotopic (exact) mass is 290 g/mol. The minimum absolute atomic E-state index is 0.311. The van der Waals surface area contributed by atoms with Crippen LogP contribution in [0.1, 0.15) is 45.1 Å². The number of nitrogens with two attached hydrogens (primary N) is 1. The van der Waals surface area contributed by atoms with E-state index < -0.39 is 0 Å². The van der Waals surface area contributed by atoms with Crippen LogP contribution in [0, 0.1) is 12.8 Å². The molecular weight excluding hydrogens is 260 g/mol. The summed E-state index contributed by atoms with van der Waals surface area (Å²) in [7, 11) is 0. The quantitative estimate of drug-likeness (QED) is 0.811. The van der Waals surface area contributed by atoms with Gasteiger partial charge in [-0.25, -0.2) is 0 Å². The van der Waals surface area contributed by atoms with Gasteiger partial charge < -0.3 is 15.4 Å². The van der Waals surface area contributed by atoms with Gasteiger partial charge in [0, 0.05) is 24.8 Å². The Morgan fingerprint density at radius 3 is 2.86 bits per heavy atom.